The van der Waals surface area contributed by atoms with Crippen molar-refractivity contribution in [2.45, 2.75) is 24.5 Å². The van der Waals surface area contributed by atoms with Gasteiger partial charge in [-0.2, -0.15) is 0 Å². The zero-order valence-electron chi connectivity index (χ0n) is 16.8. The summed E-state index contributed by atoms with van der Waals surface area (Å²) in [5, 5.41) is 43.1. The molecule has 10 heteroatoms. The maximum atomic E-state index is 13.5. The fourth-order valence-electron chi connectivity index (χ4n) is 5.18. The van der Waals surface area contributed by atoms with Crippen LogP contribution in [0.2, 0.25) is 0 Å². The summed E-state index contributed by atoms with van der Waals surface area (Å²) < 4.78 is 0. The summed E-state index contributed by atoms with van der Waals surface area (Å²) >= 11 is 0. The topological polar surface area (TPSA) is 161 Å². The lowest BCUT2D eigenvalue weighted by Crippen LogP contribution is -2.65. The molecular weight excluding hydrogens is 428 g/mol. The van der Waals surface area contributed by atoms with Crippen LogP contribution < -0.4 is 5.73 Å². The molecule has 1 amide bonds. The van der Waals surface area contributed by atoms with Gasteiger partial charge in [-0.15, -0.1) is 12.4 Å². The Morgan fingerprint density at radius 1 is 1.19 bits per heavy atom. The molecule has 4 rings (SSSR count). The highest BCUT2D eigenvalue weighted by atomic mass is 35.5. The maximum Gasteiger partial charge on any atom is 0.255 e. The minimum atomic E-state index is -2.60. The third-order valence-electron chi connectivity index (χ3n) is 6.46. The van der Waals surface area contributed by atoms with Gasteiger partial charge in [0.1, 0.15) is 22.8 Å². The summed E-state index contributed by atoms with van der Waals surface area (Å²) in [7, 11) is 3.12. The normalized spacial score (nSPS) is 29.9. The molecule has 0 spiro atoms. The average molecular weight is 451 g/mol. The summed E-state index contributed by atoms with van der Waals surface area (Å²) in [4.78, 5) is 39.7. The first-order valence-corrected chi connectivity index (χ1v) is 9.47. The number of rotatable bonds is 2. The molecule has 6 N–H and O–H groups in total. The van der Waals surface area contributed by atoms with Gasteiger partial charge in [0.25, 0.3) is 5.91 Å². The molecule has 4 atom stereocenters. The van der Waals surface area contributed by atoms with E-state index in [-0.39, 0.29) is 35.7 Å². The Balaban J connectivity index is 0.00000272. The minimum Gasteiger partial charge on any atom is -0.508 e. The van der Waals surface area contributed by atoms with E-state index < -0.39 is 58.0 Å². The molecule has 0 radical (unpaired) electrons. The number of nitrogens with two attached hydrogens (primary N) is 1. The number of primary amides is 1. The van der Waals surface area contributed by atoms with Crippen LogP contribution in [0.1, 0.15) is 17.5 Å². The van der Waals surface area contributed by atoms with Gasteiger partial charge in [-0.25, -0.2) is 0 Å². The molecule has 0 aromatic heterocycles. The largest absolute Gasteiger partial charge is 0.508 e. The van der Waals surface area contributed by atoms with Crippen molar-refractivity contribution < 1.29 is 34.8 Å². The van der Waals surface area contributed by atoms with E-state index in [1.807, 2.05) is 0 Å². The van der Waals surface area contributed by atoms with Gasteiger partial charge in [0.15, 0.2) is 11.4 Å². The number of hydrogen-bond acceptors (Lipinski definition) is 8. The lowest BCUT2D eigenvalue weighted by atomic mass is 9.57. The lowest BCUT2D eigenvalue weighted by Gasteiger charge is -2.50. The summed E-state index contributed by atoms with van der Waals surface area (Å²) in [6, 6.07) is 3.62. The van der Waals surface area contributed by atoms with Crippen molar-refractivity contribution in [3.8, 4) is 5.75 Å². The van der Waals surface area contributed by atoms with E-state index >= 15 is 0 Å². The number of benzene rings is 1. The van der Waals surface area contributed by atoms with Crippen molar-refractivity contribution in [2.75, 3.05) is 14.1 Å². The molecule has 3 aliphatic rings. The highest BCUT2D eigenvalue weighted by Crippen LogP contribution is 2.52. The quantitative estimate of drug-likeness (QED) is 0.404. The number of likely N-dealkylation sites (N-methyl/N-ethyl adjacent to an activating group) is 1. The third-order valence-corrected chi connectivity index (χ3v) is 6.46. The standard InChI is InChI=1S/C21H22N2O7.ClH/c1-23(2)15-10-7-9-6-8-4-3-5-11(24)12(8)16(25)13(9)18(27)21(10,30)19(28)14(17(15)26)20(22)29;/h3-5,9-10,15,24-25,28,30H,6-7H2,1-2H3,(H2,22,29);1H/t9-,10-,15+,21-;/m0./s1. The van der Waals surface area contributed by atoms with E-state index in [1.54, 1.807) is 26.2 Å². The van der Waals surface area contributed by atoms with E-state index in [4.69, 9.17) is 5.73 Å². The van der Waals surface area contributed by atoms with Crippen molar-refractivity contribution in [3.63, 3.8) is 0 Å². The minimum absolute atomic E-state index is 0. The number of halogens is 1. The Bertz CT molecular complexity index is 1080. The predicted octanol–water partition coefficient (Wildman–Crippen LogP) is 0.386. The number of carbonyl (C=O) groups excluding carboxylic acids is 3. The highest BCUT2D eigenvalue weighted by Gasteiger charge is 2.64. The molecule has 31 heavy (non-hydrogen) atoms. The molecule has 1 saturated carbocycles. The number of nitrogens with zero attached hydrogens (tertiary/aromatic N) is 1. The molecule has 1 aromatic carbocycles. The molecule has 1 aromatic rings. The van der Waals surface area contributed by atoms with Gasteiger partial charge >= 0.3 is 0 Å². The van der Waals surface area contributed by atoms with Crippen LogP contribution in [-0.4, -0.2) is 68.5 Å². The molecule has 9 nitrogen and oxygen atoms in total. The van der Waals surface area contributed by atoms with Crippen LogP contribution >= 0.6 is 12.4 Å². The number of phenols is 1. The number of aliphatic hydroxyl groups is 3. The van der Waals surface area contributed by atoms with Crippen molar-refractivity contribution >= 4 is 35.6 Å². The Labute approximate surface area is 183 Å². The van der Waals surface area contributed by atoms with E-state index in [2.05, 4.69) is 0 Å². The Morgan fingerprint density at radius 3 is 2.42 bits per heavy atom. The van der Waals surface area contributed by atoms with Crippen LogP contribution in [0.15, 0.2) is 35.1 Å². The van der Waals surface area contributed by atoms with Gasteiger partial charge < -0.3 is 26.2 Å². The number of aromatic hydroxyl groups is 1. The van der Waals surface area contributed by atoms with Gasteiger partial charge in [0, 0.05) is 11.5 Å². The fraction of sp³-hybridized carbons (Fsp3) is 0.381. The summed E-state index contributed by atoms with van der Waals surface area (Å²) in [6.45, 7) is 0. The second-order valence-electron chi connectivity index (χ2n) is 8.27. The van der Waals surface area contributed by atoms with Gasteiger partial charge in [-0.3, -0.25) is 19.3 Å². The number of hydrogen-bond donors (Lipinski definition) is 5. The van der Waals surface area contributed by atoms with E-state index in [0.717, 1.165) is 0 Å². The average Bonchev–Trinajstić information content (AvgIpc) is 2.64. The van der Waals surface area contributed by atoms with Crippen LogP contribution in [0.25, 0.3) is 5.76 Å². The number of aliphatic hydroxyl groups excluding tert-OH is 2. The Morgan fingerprint density at radius 2 is 1.84 bits per heavy atom. The highest BCUT2D eigenvalue weighted by molar-refractivity contribution is 6.24. The number of carbonyl (C=O) groups is 3. The number of ketones is 2. The molecule has 166 valence electrons. The number of Topliss-reactive ketones (excluding diaryl/α,β-unsaturated/α-hetero) is 2. The fourth-order valence-corrected chi connectivity index (χ4v) is 5.18. The maximum absolute atomic E-state index is 13.5. The summed E-state index contributed by atoms with van der Waals surface area (Å²) in [5.74, 6) is -6.43. The summed E-state index contributed by atoms with van der Waals surface area (Å²) in [5.41, 5.74) is 2.41. The SMILES string of the molecule is CN(C)[C@H]1C(=O)C(C(N)=O)=C(O)[C@@]2(O)C(=O)C3=C(O)c4c(O)cccc4C[C@H]3C[C@@H]12.Cl. The second kappa shape index (κ2) is 7.37. The first kappa shape index (κ1) is 22.8. The van der Waals surface area contributed by atoms with Gasteiger partial charge in [0.05, 0.1) is 11.6 Å². The molecule has 0 bridgehead atoms. The van der Waals surface area contributed by atoms with Crippen LogP contribution in [-0.2, 0) is 20.8 Å². The third kappa shape index (κ3) is 2.88. The van der Waals surface area contributed by atoms with Crippen LogP contribution in [0, 0.1) is 11.8 Å². The van der Waals surface area contributed by atoms with Crippen LogP contribution in [0.4, 0.5) is 0 Å². The molecule has 0 saturated heterocycles. The van der Waals surface area contributed by atoms with Crippen molar-refractivity contribution in [1.82, 2.24) is 4.90 Å². The first-order chi connectivity index (χ1) is 14.0. The lowest BCUT2D eigenvalue weighted by molar-refractivity contribution is -0.153. The van der Waals surface area contributed by atoms with Gasteiger partial charge in [0.2, 0.25) is 5.78 Å². The smallest absolute Gasteiger partial charge is 0.255 e. The molecule has 0 heterocycles. The molecular formula is C21H23ClN2O7. The van der Waals surface area contributed by atoms with Crippen molar-refractivity contribution in [3.05, 3.63) is 46.2 Å². The number of fused-ring (bicyclic) bond motifs is 3. The molecule has 0 aliphatic heterocycles. The first-order valence-electron chi connectivity index (χ1n) is 9.47. The molecule has 1 fully saturated rings. The van der Waals surface area contributed by atoms with Crippen molar-refractivity contribution in [2.24, 2.45) is 17.6 Å². The zero-order chi connectivity index (χ0) is 22.1. The van der Waals surface area contributed by atoms with E-state index in [0.29, 0.717) is 12.0 Å². The van der Waals surface area contributed by atoms with Gasteiger partial charge in [-0.1, -0.05) is 12.1 Å². The second-order valence-corrected chi connectivity index (χ2v) is 8.27. The monoisotopic (exact) mass is 450 g/mol. The van der Waals surface area contributed by atoms with E-state index in [9.17, 15) is 34.8 Å². The molecule has 0 unspecified atom stereocenters. The van der Waals surface area contributed by atoms with Crippen molar-refractivity contribution in [1.29, 1.82) is 0 Å². The van der Waals surface area contributed by atoms with Crippen LogP contribution in [0.5, 0.6) is 5.75 Å². The molecule has 3 aliphatic carbocycles. The summed E-state index contributed by atoms with van der Waals surface area (Å²) in [6.07, 6.45) is 0.379. The Hall–Kier alpha value is -2.88. The number of amides is 1. The zero-order valence-corrected chi connectivity index (χ0v) is 17.6. The van der Waals surface area contributed by atoms with Crippen LogP contribution in [0.3, 0.4) is 0 Å². The van der Waals surface area contributed by atoms with Gasteiger partial charge in [-0.05, 0) is 44.5 Å². The predicted molar refractivity (Wildman–Crippen MR) is 111 cm³/mol. The van der Waals surface area contributed by atoms with E-state index in [1.165, 1.54) is 11.0 Å². The number of phenolic OH excluding ortho intramolecular Hbond substituents is 1. The Kier molecular flexibility index (Phi) is 5.42.